The lowest BCUT2D eigenvalue weighted by molar-refractivity contribution is -0.113. The fourth-order valence-corrected chi connectivity index (χ4v) is 2.93. The molecule has 26 heavy (non-hydrogen) atoms. The molecule has 0 saturated heterocycles. The zero-order chi connectivity index (χ0) is 18.7. The molecule has 3 aromatic rings. The highest BCUT2D eigenvalue weighted by molar-refractivity contribution is 7.99. The molecule has 0 aliphatic carbocycles. The average Bonchev–Trinajstić information content (AvgIpc) is 3.02. The molecule has 0 saturated carbocycles. The maximum Gasteiger partial charge on any atom is 0.234 e. The smallest absolute Gasteiger partial charge is 0.234 e. The van der Waals surface area contributed by atoms with Crippen molar-refractivity contribution in [3.8, 4) is 11.4 Å². The van der Waals surface area contributed by atoms with Crippen molar-refractivity contribution in [2.45, 2.75) is 5.16 Å². The highest BCUT2D eigenvalue weighted by Crippen LogP contribution is 2.23. The van der Waals surface area contributed by atoms with E-state index in [1.54, 1.807) is 11.6 Å². The van der Waals surface area contributed by atoms with Gasteiger partial charge in [0.15, 0.2) is 28.4 Å². The summed E-state index contributed by atoms with van der Waals surface area (Å²) in [4.78, 5) is 12.0. The Morgan fingerprint density at radius 2 is 1.81 bits per heavy atom. The Balaban J connectivity index is 1.66. The molecule has 0 spiro atoms. The van der Waals surface area contributed by atoms with Gasteiger partial charge in [-0.3, -0.25) is 4.79 Å². The molecule has 0 aliphatic rings. The van der Waals surface area contributed by atoms with Gasteiger partial charge in [0.05, 0.1) is 11.4 Å². The van der Waals surface area contributed by atoms with E-state index in [-0.39, 0.29) is 5.75 Å². The van der Waals surface area contributed by atoms with Crippen molar-refractivity contribution < 1.29 is 18.0 Å². The van der Waals surface area contributed by atoms with Gasteiger partial charge in [0.25, 0.3) is 0 Å². The summed E-state index contributed by atoms with van der Waals surface area (Å²) in [5, 5.41) is 10.8. The summed E-state index contributed by atoms with van der Waals surface area (Å²) >= 11 is 1.09. The predicted molar refractivity (Wildman–Crippen MR) is 92.1 cm³/mol. The molecule has 1 N–H and O–H groups in total. The van der Waals surface area contributed by atoms with Gasteiger partial charge in [-0.25, -0.2) is 13.2 Å². The van der Waals surface area contributed by atoms with E-state index in [9.17, 15) is 18.0 Å². The van der Waals surface area contributed by atoms with Gasteiger partial charge < -0.3 is 9.88 Å². The summed E-state index contributed by atoms with van der Waals surface area (Å²) < 4.78 is 41.4. The number of amides is 1. The number of nitrogens with zero attached hydrogens (tertiary/aromatic N) is 3. The van der Waals surface area contributed by atoms with E-state index in [1.807, 2.05) is 30.3 Å². The van der Waals surface area contributed by atoms with Crippen molar-refractivity contribution in [3.63, 3.8) is 0 Å². The van der Waals surface area contributed by atoms with Crippen molar-refractivity contribution >= 4 is 23.4 Å². The first kappa shape index (κ1) is 18.0. The van der Waals surface area contributed by atoms with Crippen molar-refractivity contribution in [1.29, 1.82) is 0 Å². The van der Waals surface area contributed by atoms with Crippen LogP contribution in [0.5, 0.6) is 0 Å². The molecule has 1 heterocycles. The molecule has 5 nitrogen and oxygen atoms in total. The quantitative estimate of drug-likeness (QED) is 0.544. The summed E-state index contributed by atoms with van der Waals surface area (Å²) in [6.07, 6.45) is 0. The van der Waals surface area contributed by atoms with Crippen LogP contribution in [-0.4, -0.2) is 26.4 Å². The fourth-order valence-electron chi connectivity index (χ4n) is 2.22. The summed E-state index contributed by atoms with van der Waals surface area (Å²) in [5.74, 6) is -4.42. The van der Waals surface area contributed by atoms with Crippen LogP contribution >= 0.6 is 11.8 Å². The molecule has 9 heteroatoms. The second-order valence-corrected chi connectivity index (χ2v) is 6.23. The van der Waals surface area contributed by atoms with Crippen LogP contribution in [0.3, 0.4) is 0 Å². The largest absolute Gasteiger partial charge is 0.323 e. The van der Waals surface area contributed by atoms with Gasteiger partial charge in [-0.15, -0.1) is 10.2 Å². The van der Waals surface area contributed by atoms with E-state index in [1.165, 1.54) is 0 Å². The lowest BCUT2D eigenvalue weighted by Crippen LogP contribution is -2.16. The molecule has 0 unspecified atom stereocenters. The van der Waals surface area contributed by atoms with E-state index in [2.05, 4.69) is 15.5 Å². The second-order valence-electron chi connectivity index (χ2n) is 5.29. The van der Waals surface area contributed by atoms with Crippen LogP contribution in [0.15, 0.2) is 47.6 Å². The summed E-state index contributed by atoms with van der Waals surface area (Å²) in [5.41, 5.74) is 0.458. The first-order chi connectivity index (χ1) is 12.5. The monoisotopic (exact) mass is 378 g/mol. The Hall–Kier alpha value is -2.81. The molecular weight excluding hydrogens is 365 g/mol. The third-order valence-electron chi connectivity index (χ3n) is 3.51. The third-order valence-corrected chi connectivity index (χ3v) is 4.53. The van der Waals surface area contributed by atoms with E-state index in [4.69, 9.17) is 0 Å². The number of carbonyl (C=O) groups excluding carboxylic acids is 1. The maximum atomic E-state index is 13.6. The first-order valence-electron chi connectivity index (χ1n) is 7.48. The highest BCUT2D eigenvalue weighted by Gasteiger charge is 2.16. The lowest BCUT2D eigenvalue weighted by atomic mass is 10.2. The number of thioether (sulfide) groups is 1. The van der Waals surface area contributed by atoms with Crippen molar-refractivity contribution in [2.24, 2.45) is 7.05 Å². The number of nitrogens with one attached hydrogen (secondary N) is 1. The minimum atomic E-state index is -1.63. The van der Waals surface area contributed by atoms with Crippen molar-refractivity contribution in [2.75, 3.05) is 11.1 Å². The highest BCUT2D eigenvalue weighted by atomic mass is 32.2. The molecule has 0 atom stereocenters. The van der Waals surface area contributed by atoms with Crippen LogP contribution in [0, 0.1) is 17.5 Å². The molecule has 1 amide bonds. The number of benzene rings is 2. The first-order valence-corrected chi connectivity index (χ1v) is 8.47. The van der Waals surface area contributed by atoms with Crippen LogP contribution in [0.2, 0.25) is 0 Å². The number of hydrogen-bond donors (Lipinski definition) is 1. The van der Waals surface area contributed by atoms with Gasteiger partial charge >= 0.3 is 0 Å². The molecular formula is C17H13F3N4OS. The number of halogens is 3. The number of aromatic nitrogens is 3. The number of rotatable bonds is 5. The number of anilines is 1. The molecule has 0 bridgehead atoms. The van der Waals surface area contributed by atoms with E-state index in [0.29, 0.717) is 11.0 Å². The minimum Gasteiger partial charge on any atom is -0.323 e. The molecule has 0 radical (unpaired) electrons. The molecule has 0 fully saturated rings. The predicted octanol–water partition coefficient (Wildman–Crippen LogP) is 3.63. The zero-order valence-electron chi connectivity index (χ0n) is 13.5. The summed E-state index contributed by atoms with van der Waals surface area (Å²) in [7, 11) is 1.76. The van der Waals surface area contributed by atoms with Gasteiger partial charge in [-0.2, -0.15) is 0 Å². The Labute approximate surface area is 151 Å². The van der Waals surface area contributed by atoms with E-state index in [0.717, 1.165) is 29.5 Å². The zero-order valence-corrected chi connectivity index (χ0v) is 14.4. The van der Waals surface area contributed by atoms with Crippen LogP contribution in [0.4, 0.5) is 18.9 Å². The molecule has 134 valence electrons. The lowest BCUT2D eigenvalue weighted by Gasteiger charge is -2.07. The van der Waals surface area contributed by atoms with Crippen LogP contribution in [0.1, 0.15) is 0 Å². The second kappa shape index (κ2) is 7.61. The molecule has 0 aliphatic heterocycles. The van der Waals surface area contributed by atoms with Gasteiger partial charge in [0.1, 0.15) is 0 Å². The van der Waals surface area contributed by atoms with Gasteiger partial charge in [0.2, 0.25) is 5.91 Å². The Kier molecular flexibility index (Phi) is 5.27. The van der Waals surface area contributed by atoms with Crippen molar-refractivity contribution in [3.05, 3.63) is 59.9 Å². The summed E-state index contributed by atoms with van der Waals surface area (Å²) in [6.45, 7) is 0. The molecule has 3 rings (SSSR count). The average molecular weight is 378 g/mol. The third kappa shape index (κ3) is 3.72. The fraction of sp³-hybridized carbons (Fsp3) is 0.118. The SMILES string of the molecule is Cn1c(SCC(=O)Nc2ccc(F)c(F)c2F)nnc1-c1ccccc1. The number of hydrogen-bond acceptors (Lipinski definition) is 4. The van der Waals surface area contributed by atoms with E-state index >= 15 is 0 Å². The standard InChI is InChI=1S/C17H13F3N4OS/c1-24-16(10-5-3-2-4-6-10)22-23-17(24)26-9-13(25)21-12-8-7-11(18)14(19)15(12)20/h2-8H,9H2,1H3,(H,21,25). The maximum absolute atomic E-state index is 13.6. The number of carbonyl (C=O) groups is 1. The van der Waals surface area contributed by atoms with Gasteiger partial charge in [0, 0.05) is 12.6 Å². The topological polar surface area (TPSA) is 59.8 Å². The normalized spacial score (nSPS) is 10.8. The Morgan fingerprint density at radius 3 is 2.54 bits per heavy atom. The van der Waals surface area contributed by atoms with E-state index < -0.39 is 29.0 Å². The van der Waals surface area contributed by atoms with Crippen LogP contribution in [0.25, 0.3) is 11.4 Å². The van der Waals surface area contributed by atoms with Crippen molar-refractivity contribution in [1.82, 2.24) is 14.8 Å². The minimum absolute atomic E-state index is 0.0980. The Bertz CT molecular complexity index is 947. The van der Waals surface area contributed by atoms with Crippen LogP contribution in [-0.2, 0) is 11.8 Å². The molecule has 1 aromatic heterocycles. The summed E-state index contributed by atoms with van der Waals surface area (Å²) in [6, 6.07) is 11.1. The van der Waals surface area contributed by atoms with Gasteiger partial charge in [-0.1, -0.05) is 42.1 Å². The van der Waals surface area contributed by atoms with Crippen LogP contribution < -0.4 is 5.32 Å². The van der Waals surface area contributed by atoms with Gasteiger partial charge in [-0.05, 0) is 12.1 Å². The molecule has 2 aromatic carbocycles. The Morgan fingerprint density at radius 1 is 1.08 bits per heavy atom.